The lowest BCUT2D eigenvalue weighted by atomic mass is 10.0. The standard InChI is InChI=1S/C17H15ClFNO/c18-13-6-3-5-12(11-13)16-9-4-10-20(16)17(21)14-7-1-2-8-15(14)19/h1-3,5-8,11,16H,4,9-10H2. The molecule has 3 rings (SSSR count). The number of nitrogens with zero attached hydrogens (tertiary/aromatic N) is 1. The van der Waals surface area contributed by atoms with Gasteiger partial charge in [-0.15, -0.1) is 0 Å². The normalized spacial score (nSPS) is 18.0. The van der Waals surface area contributed by atoms with Gasteiger partial charge in [-0.05, 0) is 42.7 Å². The highest BCUT2D eigenvalue weighted by atomic mass is 35.5. The van der Waals surface area contributed by atoms with E-state index in [4.69, 9.17) is 11.6 Å². The van der Waals surface area contributed by atoms with Gasteiger partial charge in [-0.25, -0.2) is 4.39 Å². The molecule has 1 aliphatic heterocycles. The van der Waals surface area contributed by atoms with E-state index in [1.807, 2.05) is 24.3 Å². The second-order valence-corrected chi connectivity index (χ2v) is 5.63. The van der Waals surface area contributed by atoms with Crippen LogP contribution < -0.4 is 0 Å². The third-order valence-electron chi connectivity index (χ3n) is 3.85. The van der Waals surface area contributed by atoms with E-state index in [0.717, 1.165) is 18.4 Å². The molecule has 2 aromatic carbocycles. The number of carbonyl (C=O) groups is 1. The molecule has 1 aliphatic rings. The Hall–Kier alpha value is -1.87. The van der Waals surface area contributed by atoms with Crippen LogP contribution in [-0.2, 0) is 0 Å². The van der Waals surface area contributed by atoms with Crippen LogP contribution in [0.15, 0.2) is 48.5 Å². The van der Waals surface area contributed by atoms with E-state index in [9.17, 15) is 9.18 Å². The average Bonchev–Trinajstić information content (AvgIpc) is 2.96. The van der Waals surface area contributed by atoms with Gasteiger partial charge in [0.15, 0.2) is 0 Å². The van der Waals surface area contributed by atoms with E-state index in [1.54, 1.807) is 17.0 Å². The minimum Gasteiger partial charge on any atom is -0.332 e. The fourth-order valence-electron chi connectivity index (χ4n) is 2.86. The van der Waals surface area contributed by atoms with Crippen LogP contribution in [0.5, 0.6) is 0 Å². The minimum atomic E-state index is -0.473. The number of hydrogen-bond acceptors (Lipinski definition) is 1. The Labute approximate surface area is 128 Å². The summed E-state index contributed by atoms with van der Waals surface area (Å²) in [4.78, 5) is 14.3. The molecule has 1 saturated heterocycles. The second kappa shape index (κ2) is 5.86. The Morgan fingerprint density at radius 1 is 1.19 bits per heavy atom. The van der Waals surface area contributed by atoms with Crippen LogP contribution >= 0.6 is 11.6 Å². The first kappa shape index (κ1) is 14.1. The van der Waals surface area contributed by atoms with Crippen molar-refractivity contribution in [3.8, 4) is 0 Å². The van der Waals surface area contributed by atoms with Gasteiger partial charge in [0, 0.05) is 11.6 Å². The Morgan fingerprint density at radius 3 is 2.76 bits per heavy atom. The fraction of sp³-hybridized carbons (Fsp3) is 0.235. The molecule has 0 radical (unpaired) electrons. The van der Waals surface area contributed by atoms with Crippen LogP contribution in [0, 0.1) is 5.82 Å². The van der Waals surface area contributed by atoms with Crippen LogP contribution in [0.1, 0.15) is 34.8 Å². The van der Waals surface area contributed by atoms with Crippen molar-refractivity contribution < 1.29 is 9.18 Å². The number of amides is 1. The van der Waals surface area contributed by atoms with Crippen molar-refractivity contribution in [1.82, 2.24) is 4.90 Å². The number of likely N-dealkylation sites (tertiary alicyclic amines) is 1. The molecule has 1 atom stereocenters. The van der Waals surface area contributed by atoms with Crippen molar-refractivity contribution in [2.75, 3.05) is 6.54 Å². The van der Waals surface area contributed by atoms with Crippen LogP contribution in [0.4, 0.5) is 4.39 Å². The molecule has 21 heavy (non-hydrogen) atoms. The third-order valence-corrected chi connectivity index (χ3v) is 4.09. The lowest BCUT2D eigenvalue weighted by molar-refractivity contribution is 0.0731. The SMILES string of the molecule is O=C(c1ccccc1F)N1CCCC1c1cccc(Cl)c1. The molecule has 1 amide bonds. The summed E-state index contributed by atoms with van der Waals surface area (Å²) < 4.78 is 13.8. The average molecular weight is 304 g/mol. The maximum absolute atomic E-state index is 13.8. The molecule has 0 aromatic heterocycles. The highest BCUT2D eigenvalue weighted by molar-refractivity contribution is 6.30. The zero-order valence-electron chi connectivity index (χ0n) is 11.4. The molecule has 0 spiro atoms. The van der Waals surface area contributed by atoms with Crippen LogP contribution in [0.3, 0.4) is 0 Å². The predicted molar refractivity (Wildman–Crippen MR) is 80.9 cm³/mol. The van der Waals surface area contributed by atoms with Crippen molar-refractivity contribution in [1.29, 1.82) is 0 Å². The van der Waals surface area contributed by atoms with Crippen molar-refractivity contribution in [3.05, 3.63) is 70.5 Å². The maximum atomic E-state index is 13.8. The largest absolute Gasteiger partial charge is 0.332 e. The van der Waals surface area contributed by atoms with E-state index in [1.165, 1.54) is 12.1 Å². The molecule has 1 fully saturated rings. The molecule has 2 aromatic rings. The summed E-state index contributed by atoms with van der Waals surface area (Å²) in [5, 5.41) is 0.651. The molecule has 108 valence electrons. The van der Waals surface area contributed by atoms with Gasteiger partial charge in [-0.3, -0.25) is 4.79 Å². The summed E-state index contributed by atoms with van der Waals surface area (Å²) >= 11 is 6.03. The van der Waals surface area contributed by atoms with Gasteiger partial charge in [-0.2, -0.15) is 0 Å². The van der Waals surface area contributed by atoms with Gasteiger partial charge < -0.3 is 4.90 Å². The zero-order chi connectivity index (χ0) is 14.8. The van der Waals surface area contributed by atoms with Gasteiger partial charge >= 0.3 is 0 Å². The quantitative estimate of drug-likeness (QED) is 0.802. The van der Waals surface area contributed by atoms with Crippen molar-refractivity contribution in [2.45, 2.75) is 18.9 Å². The smallest absolute Gasteiger partial charge is 0.257 e. The monoisotopic (exact) mass is 303 g/mol. The highest BCUT2D eigenvalue weighted by Crippen LogP contribution is 2.34. The summed E-state index contributed by atoms with van der Waals surface area (Å²) in [5.74, 6) is -0.727. The number of halogens is 2. The highest BCUT2D eigenvalue weighted by Gasteiger charge is 2.31. The van der Waals surface area contributed by atoms with Crippen LogP contribution in [-0.4, -0.2) is 17.4 Å². The number of carbonyl (C=O) groups excluding carboxylic acids is 1. The molecule has 0 bridgehead atoms. The summed E-state index contributed by atoms with van der Waals surface area (Å²) in [5.41, 5.74) is 1.14. The summed E-state index contributed by atoms with van der Waals surface area (Å²) in [6, 6.07) is 13.6. The Morgan fingerprint density at radius 2 is 2.00 bits per heavy atom. The molecular formula is C17H15ClFNO. The van der Waals surface area contributed by atoms with E-state index >= 15 is 0 Å². The summed E-state index contributed by atoms with van der Waals surface area (Å²) in [6.45, 7) is 0.643. The van der Waals surface area contributed by atoms with Crippen molar-refractivity contribution in [3.63, 3.8) is 0 Å². The second-order valence-electron chi connectivity index (χ2n) is 5.19. The third kappa shape index (κ3) is 2.79. The Bertz CT molecular complexity index is 673. The maximum Gasteiger partial charge on any atom is 0.257 e. The number of hydrogen-bond donors (Lipinski definition) is 0. The van der Waals surface area contributed by atoms with E-state index in [-0.39, 0.29) is 17.5 Å². The molecular weight excluding hydrogens is 289 g/mol. The molecule has 4 heteroatoms. The summed E-state index contributed by atoms with van der Waals surface area (Å²) in [7, 11) is 0. The fourth-order valence-corrected chi connectivity index (χ4v) is 3.06. The molecule has 0 N–H and O–H groups in total. The topological polar surface area (TPSA) is 20.3 Å². The van der Waals surface area contributed by atoms with Gasteiger partial charge in [-0.1, -0.05) is 35.9 Å². The van der Waals surface area contributed by atoms with Crippen LogP contribution in [0.2, 0.25) is 5.02 Å². The minimum absolute atomic E-state index is 0.0317. The first-order chi connectivity index (χ1) is 10.2. The molecule has 0 aliphatic carbocycles. The molecule has 1 unspecified atom stereocenters. The summed E-state index contributed by atoms with van der Waals surface area (Å²) in [6.07, 6.45) is 1.79. The van der Waals surface area contributed by atoms with Gasteiger partial charge in [0.25, 0.3) is 5.91 Å². The lowest BCUT2D eigenvalue weighted by Gasteiger charge is -2.25. The molecule has 2 nitrogen and oxygen atoms in total. The molecule has 1 heterocycles. The predicted octanol–water partition coefficient (Wildman–Crippen LogP) is 4.46. The molecule has 0 saturated carbocycles. The van der Waals surface area contributed by atoms with E-state index < -0.39 is 5.82 Å². The van der Waals surface area contributed by atoms with Gasteiger partial charge in [0.05, 0.1) is 11.6 Å². The van der Waals surface area contributed by atoms with E-state index in [0.29, 0.717) is 11.6 Å². The van der Waals surface area contributed by atoms with Crippen molar-refractivity contribution in [2.24, 2.45) is 0 Å². The first-order valence-electron chi connectivity index (χ1n) is 6.98. The van der Waals surface area contributed by atoms with Crippen molar-refractivity contribution >= 4 is 17.5 Å². The zero-order valence-corrected chi connectivity index (χ0v) is 12.2. The first-order valence-corrected chi connectivity index (χ1v) is 7.35. The van der Waals surface area contributed by atoms with Gasteiger partial charge in [0.2, 0.25) is 0 Å². The van der Waals surface area contributed by atoms with E-state index in [2.05, 4.69) is 0 Å². The number of benzene rings is 2. The van der Waals surface area contributed by atoms with Gasteiger partial charge in [0.1, 0.15) is 5.82 Å². The Balaban J connectivity index is 1.91. The number of rotatable bonds is 2. The van der Waals surface area contributed by atoms with Crippen LogP contribution in [0.25, 0.3) is 0 Å². The Kier molecular flexibility index (Phi) is 3.93. The lowest BCUT2D eigenvalue weighted by Crippen LogP contribution is -2.31.